The van der Waals surface area contributed by atoms with Gasteiger partial charge in [0.15, 0.2) is 17.2 Å². The summed E-state index contributed by atoms with van der Waals surface area (Å²) in [4.78, 5) is 37.9. The minimum absolute atomic E-state index is 0.00971. The van der Waals surface area contributed by atoms with Gasteiger partial charge < -0.3 is 19.3 Å². The summed E-state index contributed by atoms with van der Waals surface area (Å²) in [5.41, 5.74) is -2.99. The molecular weight excluding hydrogens is 529 g/mol. The molecule has 0 unspecified atom stereocenters. The highest BCUT2D eigenvalue weighted by Gasteiger charge is 2.66. The van der Waals surface area contributed by atoms with Crippen LogP contribution < -0.4 is 10.1 Å². The van der Waals surface area contributed by atoms with Crippen molar-refractivity contribution in [3.05, 3.63) is 47.3 Å². The molecule has 39 heavy (non-hydrogen) atoms. The van der Waals surface area contributed by atoms with Crippen molar-refractivity contribution < 1.29 is 41.0 Å². The predicted octanol–water partition coefficient (Wildman–Crippen LogP) is 3.23. The van der Waals surface area contributed by atoms with Crippen molar-refractivity contribution in [3.8, 4) is 5.75 Å². The number of aromatic nitrogens is 2. The van der Waals surface area contributed by atoms with E-state index in [1.54, 1.807) is 4.90 Å². The molecule has 1 N–H and O–H groups in total. The average molecular weight is 558 g/mol. The maximum Gasteiger partial charge on any atom is 0.417 e. The summed E-state index contributed by atoms with van der Waals surface area (Å²) in [5.74, 6) is -7.88. The first-order chi connectivity index (χ1) is 18.3. The molecule has 14 heteroatoms. The van der Waals surface area contributed by atoms with Gasteiger partial charge in [0.1, 0.15) is 11.8 Å². The van der Waals surface area contributed by atoms with Crippen LogP contribution in [0, 0.1) is 17.6 Å². The van der Waals surface area contributed by atoms with Crippen LogP contribution in [0.2, 0.25) is 0 Å². The molecule has 2 aromatic rings. The second kappa shape index (κ2) is 10.6. The van der Waals surface area contributed by atoms with Crippen LogP contribution in [-0.4, -0.2) is 89.8 Å². The minimum Gasteiger partial charge on any atom is -0.493 e. The summed E-state index contributed by atoms with van der Waals surface area (Å²) >= 11 is 0. The number of anilines is 1. The van der Waals surface area contributed by atoms with Gasteiger partial charge >= 0.3 is 6.18 Å². The predicted molar refractivity (Wildman–Crippen MR) is 128 cm³/mol. The number of carbonyl (C=O) groups excluding carboxylic acids is 2. The van der Waals surface area contributed by atoms with E-state index in [0.29, 0.717) is 26.2 Å². The zero-order chi connectivity index (χ0) is 28.7. The van der Waals surface area contributed by atoms with Crippen molar-refractivity contribution >= 4 is 17.8 Å². The van der Waals surface area contributed by atoms with Crippen LogP contribution >= 0.6 is 0 Å². The van der Waals surface area contributed by atoms with Crippen molar-refractivity contribution in [3.63, 3.8) is 0 Å². The Kier molecular flexibility index (Phi) is 7.81. The number of rotatable bonds is 5. The van der Waals surface area contributed by atoms with Gasteiger partial charge in [-0.3, -0.25) is 14.9 Å². The van der Waals surface area contributed by atoms with Crippen molar-refractivity contribution in [2.75, 3.05) is 45.7 Å². The lowest BCUT2D eigenvalue weighted by Crippen LogP contribution is -2.47. The van der Waals surface area contributed by atoms with Crippen LogP contribution in [0.25, 0.3) is 0 Å². The number of nitrogens with one attached hydrogen (secondary N) is 1. The zero-order valence-corrected chi connectivity index (χ0v) is 21.7. The summed E-state index contributed by atoms with van der Waals surface area (Å²) in [7, 11) is 2.97. The summed E-state index contributed by atoms with van der Waals surface area (Å²) in [5, 5.41) is 2.32. The van der Waals surface area contributed by atoms with Crippen LogP contribution in [-0.2, 0) is 9.53 Å². The lowest BCUT2D eigenvalue weighted by atomic mass is 9.77. The second-order valence-corrected chi connectivity index (χ2v) is 9.79. The molecule has 0 aliphatic carbocycles. The van der Waals surface area contributed by atoms with Gasteiger partial charge in [-0.25, -0.2) is 14.4 Å². The van der Waals surface area contributed by atoms with Crippen molar-refractivity contribution in [1.82, 2.24) is 19.8 Å². The molecule has 1 aromatic heterocycles. The van der Waals surface area contributed by atoms with E-state index < -0.39 is 53.0 Å². The largest absolute Gasteiger partial charge is 0.493 e. The lowest BCUT2D eigenvalue weighted by Gasteiger charge is -2.32. The molecule has 0 saturated carbocycles. The minimum atomic E-state index is -4.91. The monoisotopic (exact) mass is 557 g/mol. The van der Waals surface area contributed by atoms with Gasteiger partial charge in [-0.1, -0.05) is 13.0 Å². The Morgan fingerprint density at radius 1 is 1.15 bits per heavy atom. The Hall–Kier alpha value is -3.39. The van der Waals surface area contributed by atoms with Crippen LogP contribution in [0.4, 0.5) is 27.9 Å². The van der Waals surface area contributed by atoms with E-state index in [2.05, 4.69) is 20.2 Å². The van der Waals surface area contributed by atoms with E-state index >= 15 is 0 Å². The Balaban J connectivity index is 1.65. The van der Waals surface area contributed by atoms with Crippen molar-refractivity contribution in [2.24, 2.45) is 5.92 Å². The summed E-state index contributed by atoms with van der Waals surface area (Å²) in [6, 6.07) is 3.17. The highest BCUT2D eigenvalue weighted by atomic mass is 19.4. The van der Waals surface area contributed by atoms with E-state index in [9.17, 15) is 31.5 Å². The molecule has 4 rings (SSSR count). The first-order valence-corrected chi connectivity index (χ1v) is 12.2. The van der Waals surface area contributed by atoms with Gasteiger partial charge in [0, 0.05) is 49.8 Å². The van der Waals surface area contributed by atoms with E-state index in [4.69, 9.17) is 9.47 Å². The molecule has 2 fully saturated rings. The second-order valence-electron chi connectivity index (χ2n) is 9.79. The van der Waals surface area contributed by atoms with E-state index in [1.165, 1.54) is 19.2 Å². The number of methoxy groups -OCH3 is 1. The third-order valence-corrected chi connectivity index (χ3v) is 7.47. The molecule has 9 nitrogen and oxygen atoms in total. The summed E-state index contributed by atoms with van der Waals surface area (Å²) in [6.07, 6.45) is -5.48. The number of ether oxygens (including phenoxy) is 2. The van der Waals surface area contributed by atoms with Gasteiger partial charge in [0.05, 0.1) is 7.11 Å². The van der Waals surface area contributed by atoms with Crippen LogP contribution in [0.15, 0.2) is 24.4 Å². The number of alkyl halides is 3. The molecule has 0 spiro atoms. The third-order valence-electron chi connectivity index (χ3n) is 7.47. The van der Waals surface area contributed by atoms with E-state index in [0.717, 1.165) is 26.2 Å². The van der Waals surface area contributed by atoms with Gasteiger partial charge in [-0.05, 0) is 26.1 Å². The first kappa shape index (κ1) is 28.6. The number of hydrogen-bond donors (Lipinski definition) is 1. The molecule has 0 bridgehead atoms. The third kappa shape index (κ3) is 5.26. The SMILES string of the molecule is COc1c([C@H]2[C@H](C(=O)Nc3nccc(C(=O)N4CCN(C)CC4)n3)O[C@@](C)(C(F)(F)F)[C@H]2C)ccc(F)c1F. The molecule has 2 amide bonds. The van der Waals surface area contributed by atoms with Crippen LogP contribution in [0.5, 0.6) is 5.75 Å². The number of amides is 2. The topological polar surface area (TPSA) is 96.9 Å². The number of nitrogens with zero attached hydrogens (tertiary/aromatic N) is 4. The number of benzene rings is 1. The van der Waals surface area contributed by atoms with Crippen LogP contribution in [0.1, 0.15) is 35.8 Å². The number of piperazine rings is 1. The van der Waals surface area contributed by atoms with Crippen molar-refractivity contribution in [2.45, 2.75) is 37.6 Å². The molecule has 212 valence electrons. The molecule has 2 aliphatic heterocycles. The lowest BCUT2D eigenvalue weighted by molar-refractivity contribution is -0.272. The molecule has 2 saturated heterocycles. The Labute approximate surface area is 221 Å². The summed E-state index contributed by atoms with van der Waals surface area (Å²) < 4.78 is 81.1. The smallest absolute Gasteiger partial charge is 0.417 e. The zero-order valence-electron chi connectivity index (χ0n) is 21.7. The first-order valence-electron chi connectivity index (χ1n) is 12.2. The normalized spacial score (nSPS) is 26.0. The Bertz CT molecular complexity index is 1250. The average Bonchev–Trinajstić information content (AvgIpc) is 3.17. The fourth-order valence-electron chi connectivity index (χ4n) is 4.93. The van der Waals surface area contributed by atoms with Gasteiger partial charge in [0.25, 0.3) is 11.8 Å². The molecular formula is C25H28F5N5O4. The molecule has 0 radical (unpaired) electrons. The van der Waals surface area contributed by atoms with Crippen molar-refractivity contribution in [1.29, 1.82) is 0 Å². The molecule has 3 heterocycles. The Morgan fingerprint density at radius 2 is 1.82 bits per heavy atom. The quantitative estimate of drug-likeness (QED) is 0.564. The van der Waals surface area contributed by atoms with E-state index in [-0.39, 0.29) is 23.1 Å². The number of halogens is 5. The van der Waals surface area contributed by atoms with Gasteiger partial charge in [0.2, 0.25) is 11.8 Å². The standard InChI is InChI=1S/C25H28F5N5O4/c1-13-17(14-5-6-15(26)18(27)19(14)38-4)20(39-24(13,2)25(28,29)30)21(36)33-23-31-8-7-16(32-23)22(37)35-11-9-34(3)10-12-35/h5-8,13,17,20H,9-12H2,1-4H3,(H,31,32,33,36)/t13-,17-,20+,24+/m0/s1. The fraction of sp³-hybridized carbons (Fsp3) is 0.520. The molecule has 2 aliphatic rings. The Morgan fingerprint density at radius 3 is 2.44 bits per heavy atom. The molecule has 4 atom stereocenters. The molecule has 1 aromatic carbocycles. The maximum atomic E-state index is 14.5. The number of likely N-dealkylation sites (N-methyl/N-ethyl adjacent to an activating group) is 1. The number of carbonyl (C=O) groups is 2. The summed E-state index contributed by atoms with van der Waals surface area (Å²) in [6.45, 7) is 4.29. The van der Waals surface area contributed by atoms with E-state index in [1.807, 2.05) is 7.05 Å². The fourth-order valence-corrected chi connectivity index (χ4v) is 4.93. The van der Waals surface area contributed by atoms with Gasteiger partial charge in [-0.15, -0.1) is 0 Å². The highest BCUT2D eigenvalue weighted by molar-refractivity contribution is 5.95. The van der Waals surface area contributed by atoms with Gasteiger partial charge in [-0.2, -0.15) is 17.6 Å². The van der Waals surface area contributed by atoms with Crippen LogP contribution in [0.3, 0.4) is 0 Å². The highest BCUT2D eigenvalue weighted by Crippen LogP contribution is 2.54. The maximum absolute atomic E-state index is 14.5. The number of hydrogen-bond acceptors (Lipinski definition) is 7.